The summed E-state index contributed by atoms with van der Waals surface area (Å²) in [5, 5.41) is 14.8. The Balaban J connectivity index is 1.49. The molecule has 3 aromatic rings. The van der Waals surface area contributed by atoms with Crippen LogP contribution in [0.3, 0.4) is 0 Å². The third kappa shape index (κ3) is 5.25. The number of ether oxygens (including phenoxy) is 1. The van der Waals surface area contributed by atoms with E-state index in [1.165, 1.54) is 0 Å². The fourth-order valence-electron chi connectivity index (χ4n) is 4.14. The summed E-state index contributed by atoms with van der Waals surface area (Å²) < 4.78 is 34.5. The summed E-state index contributed by atoms with van der Waals surface area (Å²) in [6.07, 6.45) is 7.38. The van der Waals surface area contributed by atoms with E-state index >= 15 is 0 Å². The Kier molecular flexibility index (Phi) is 7.40. The number of alkyl halides is 1. The highest BCUT2D eigenvalue weighted by Crippen LogP contribution is 2.33. The average molecular weight is 496 g/mol. The van der Waals surface area contributed by atoms with E-state index < -0.39 is 10.0 Å². The zero-order valence-electron chi connectivity index (χ0n) is 18.9. The molecule has 4 heterocycles. The number of piperidine rings is 1. The van der Waals surface area contributed by atoms with Crippen LogP contribution in [0.1, 0.15) is 33.1 Å². The predicted octanol–water partition coefficient (Wildman–Crippen LogP) is 2.99. The predicted molar refractivity (Wildman–Crippen MR) is 128 cm³/mol. The van der Waals surface area contributed by atoms with Crippen LogP contribution >= 0.6 is 11.6 Å². The van der Waals surface area contributed by atoms with Gasteiger partial charge in [-0.2, -0.15) is 10.1 Å². The molecule has 33 heavy (non-hydrogen) atoms. The summed E-state index contributed by atoms with van der Waals surface area (Å²) in [6.45, 7) is 5.43. The SMILES string of the molecule is CCOc1c(-c2cn[nH]c2)ccn2nc(N[C@H]3CCN(S(=O)(=O)CCCCCl)C[C@H]3C)nc12. The van der Waals surface area contributed by atoms with Gasteiger partial charge in [-0.1, -0.05) is 6.92 Å². The standard InChI is InChI=1S/C21H30ClN7O3S/c1-3-32-19-17(16-12-23-24-13-16)6-10-29-20(19)26-21(27-29)25-18-7-9-28(14-15(18)2)33(30,31)11-5-4-8-22/h6,10,12-13,15,18H,3-5,7-9,11,14H2,1-2H3,(H,23,24)(H,25,27)/t15-,18+/m1/s1. The highest BCUT2D eigenvalue weighted by molar-refractivity contribution is 7.89. The van der Waals surface area contributed by atoms with Crippen LogP contribution in [0.25, 0.3) is 16.8 Å². The second kappa shape index (κ2) is 10.3. The van der Waals surface area contributed by atoms with E-state index in [1.54, 1.807) is 15.0 Å². The smallest absolute Gasteiger partial charge is 0.243 e. The molecule has 0 bridgehead atoms. The van der Waals surface area contributed by atoms with Gasteiger partial charge in [0.1, 0.15) is 0 Å². The van der Waals surface area contributed by atoms with E-state index in [-0.39, 0.29) is 17.7 Å². The lowest BCUT2D eigenvalue weighted by atomic mass is 9.95. The Morgan fingerprint density at radius 1 is 1.36 bits per heavy atom. The molecule has 12 heteroatoms. The Hall–Kier alpha value is -2.37. The highest BCUT2D eigenvalue weighted by Gasteiger charge is 2.33. The second-order valence-electron chi connectivity index (χ2n) is 8.27. The minimum absolute atomic E-state index is 0.0700. The number of hydrogen-bond acceptors (Lipinski definition) is 7. The number of rotatable bonds is 10. The summed E-state index contributed by atoms with van der Waals surface area (Å²) in [5.74, 6) is 1.89. The maximum Gasteiger partial charge on any atom is 0.243 e. The van der Waals surface area contributed by atoms with Crippen molar-refractivity contribution >= 4 is 33.2 Å². The number of hydrogen-bond donors (Lipinski definition) is 2. The van der Waals surface area contributed by atoms with E-state index in [1.807, 2.05) is 25.4 Å². The number of halogens is 1. The van der Waals surface area contributed by atoms with Crippen molar-refractivity contribution in [3.63, 3.8) is 0 Å². The van der Waals surface area contributed by atoms with Crippen molar-refractivity contribution in [2.45, 2.75) is 39.2 Å². The molecule has 3 aromatic heterocycles. The van der Waals surface area contributed by atoms with Crippen molar-refractivity contribution in [1.29, 1.82) is 0 Å². The first kappa shape index (κ1) is 23.8. The molecule has 1 aliphatic heterocycles. The normalized spacial score (nSPS) is 19.7. The van der Waals surface area contributed by atoms with Gasteiger partial charge in [0.05, 0.1) is 18.6 Å². The summed E-state index contributed by atoms with van der Waals surface area (Å²) in [4.78, 5) is 4.69. The number of anilines is 1. The number of pyridine rings is 1. The van der Waals surface area contributed by atoms with Gasteiger partial charge in [0.25, 0.3) is 0 Å². The minimum atomic E-state index is -3.26. The molecule has 0 aliphatic carbocycles. The molecule has 0 unspecified atom stereocenters. The molecule has 0 radical (unpaired) electrons. The molecule has 1 saturated heterocycles. The van der Waals surface area contributed by atoms with Gasteiger partial charge in [-0.05, 0) is 38.2 Å². The summed E-state index contributed by atoms with van der Waals surface area (Å²) in [6, 6.07) is 2.00. The zero-order chi connectivity index (χ0) is 23.4. The minimum Gasteiger partial charge on any atom is -0.489 e. The number of sulfonamides is 1. The number of fused-ring (bicyclic) bond motifs is 1. The summed E-state index contributed by atoms with van der Waals surface area (Å²) >= 11 is 5.68. The Bertz CT molecular complexity index is 1170. The van der Waals surface area contributed by atoms with Gasteiger partial charge >= 0.3 is 0 Å². The van der Waals surface area contributed by atoms with Crippen LogP contribution in [0.4, 0.5) is 5.95 Å². The first-order valence-electron chi connectivity index (χ1n) is 11.2. The average Bonchev–Trinajstić information content (AvgIpc) is 3.45. The van der Waals surface area contributed by atoms with Gasteiger partial charge < -0.3 is 10.1 Å². The zero-order valence-corrected chi connectivity index (χ0v) is 20.4. The van der Waals surface area contributed by atoms with Crippen molar-refractivity contribution in [2.24, 2.45) is 5.92 Å². The van der Waals surface area contributed by atoms with Gasteiger partial charge in [-0.25, -0.2) is 17.2 Å². The first-order chi connectivity index (χ1) is 15.9. The number of aromatic nitrogens is 5. The van der Waals surface area contributed by atoms with E-state index in [9.17, 15) is 8.42 Å². The molecular formula is C21H30ClN7O3S. The Morgan fingerprint density at radius 2 is 2.21 bits per heavy atom. The summed E-state index contributed by atoms with van der Waals surface area (Å²) in [7, 11) is -3.26. The molecule has 0 amide bonds. The van der Waals surface area contributed by atoms with Crippen molar-refractivity contribution in [2.75, 3.05) is 36.6 Å². The van der Waals surface area contributed by atoms with Crippen LogP contribution in [0, 0.1) is 5.92 Å². The third-order valence-corrected chi connectivity index (χ3v) is 8.11. The molecule has 1 aliphatic rings. The molecular weight excluding hydrogens is 466 g/mol. The molecule has 180 valence electrons. The maximum absolute atomic E-state index is 12.6. The van der Waals surface area contributed by atoms with E-state index in [0.29, 0.717) is 62.2 Å². The third-order valence-electron chi connectivity index (χ3n) is 5.92. The lowest BCUT2D eigenvalue weighted by molar-refractivity contribution is 0.260. The molecule has 0 saturated carbocycles. The highest BCUT2D eigenvalue weighted by atomic mass is 35.5. The summed E-state index contributed by atoms with van der Waals surface area (Å²) in [5.41, 5.74) is 2.41. The molecule has 4 rings (SSSR count). The van der Waals surface area contributed by atoms with Crippen molar-refractivity contribution in [3.8, 4) is 16.9 Å². The monoisotopic (exact) mass is 495 g/mol. The quantitative estimate of drug-likeness (QED) is 0.328. The Morgan fingerprint density at radius 3 is 2.91 bits per heavy atom. The molecule has 0 aromatic carbocycles. The van der Waals surface area contributed by atoms with Crippen LogP contribution in [-0.2, 0) is 10.0 Å². The number of unbranched alkanes of at least 4 members (excludes halogenated alkanes) is 1. The van der Waals surface area contributed by atoms with Crippen LogP contribution in [-0.4, -0.2) is 74.9 Å². The molecule has 10 nitrogen and oxygen atoms in total. The van der Waals surface area contributed by atoms with Gasteiger partial charge in [-0.15, -0.1) is 16.7 Å². The number of H-pyrrole nitrogens is 1. The first-order valence-corrected chi connectivity index (χ1v) is 13.4. The van der Waals surface area contributed by atoms with E-state index in [4.69, 9.17) is 16.3 Å². The molecule has 0 spiro atoms. The van der Waals surface area contributed by atoms with Crippen molar-refractivity contribution < 1.29 is 13.2 Å². The van der Waals surface area contributed by atoms with E-state index in [0.717, 1.165) is 11.1 Å². The topological polar surface area (TPSA) is 118 Å². The van der Waals surface area contributed by atoms with Gasteiger partial charge in [0, 0.05) is 48.5 Å². The second-order valence-corrected chi connectivity index (χ2v) is 10.7. The number of nitrogens with one attached hydrogen (secondary N) is 2. The van der Waals surface area contributed by atoms with Gasteiger partial charge in [-0.3, -0.25) is 5.10 Å². The van der Waals surface area contributed by atoms with Gasteiger partial charge in [0.15, 0.2) is 11.4 Å². The van der Waals surface area contributed by atoms with Crippen LogP contribution in [0.15, 0.2) is 24.7 Å². The van der Waals surface area contributed by atoms with Crippen molar-refractivity contribution in [3.05, 3.63) is 24.7 Å². The van der Waals surface area contributed by atoms with Gasteiger partial charge in [0.2, 0.25) is 16.0 Å². The van der Waals surface area contributed by atoms with Crippen LogP contribution in [0.2, 0.25) is 0 Å². The molecule has 1 fully saturated rings. The molecule has 2 atom stereocenters. The fourth-order valence-corrected chi connectivity index (χ4v) is 6.01. The fraction of sp³-hybridized carbons (Fsp3) is 0.571. The largest absolute Gasteiger partial charge is 0.489 e. The molecule has 2 N–H and O–H groups in total. The lowest BCUT2D eigenvalue weighted by Crippen LogP contribution is -2.48. The lowest BCUT2D eigenvalue weighted by Gasteiger charge is -2.36. The Labute approximate surface area is 198 Å². The van der Waals surface area contributed by atoms with Crippen molar-refractivity contribution in [1.82, 2.24) is 29.1 Å². The maximum atomic E-state index is 12.6. The van der Waals surface area contributed by atoms with Crippen LogP contribution < -0.4 is 10.1 Å². The van der Waals surface area contributed by atoms with Crippen LogP contribution in [0.5, 0.6) is 5.75 Å². The van der Waals surface area contributed by atoms with E-state index in [2.05, 4.69) is 32.5 Å². The number of aromatic amines is 1. The number of nitrogens with zero attached hydrogens (tertiary/aromatic N) is 5.